The third-order valence-electron chi connectivity index (χ3n) is 3.29. The van der Waals surface area contributed by atoms with Crippen LogP contribution in [0.3, 0.4) is 0 Å². The van der Waals surface area contributed by atoms with Crippen LogP contribution in [-0.4, -0.2) is 43.5 Å². The van der Waals surface area contributed by atoms with E-state index in [-0.39, 0.29) is 0 Å². The van der Waals surface area contributed by atoms with Crippen molar-refractivity contribution in [1.82, 2.24) is 9.80 Å². The van der Waals surface area contributed by atoms with Gasteiger partial charge in [0.25, 0.3) is 0 Å². The number of nitrogens with zero attached hydrogens (tertiary/aromatic N) is 2. The Labute approximate surface area is 106 Å². The quantitative estimate of drug-likeness (QED) is 0.715. The summed E-state index contributed by atoms with van der Waals surface area (Å²) in [5.41, 5.74) is 2.82. The van der Waals surface area contributed by atoms with Gasteiger partial charge in [-0.15, -0.1) is 0 Å². The Balaban J connectivity index is 2.36. The summed E-state index contributed by atoms with van der Waals surface area (Å²) in [6, 6.07) is 8.97. The molecule has 17 heavy (non-hydrogen) atoms. The molecular formula is C15H26N2. The lowest BCUT2D eigenvalue weighted by Gasteiger charge is -2.21. The molecule has 0 bridgehead atoms. The number of rotatable bonds is 7. The first-order chi connectivity index (χ1) is 8.15. The number of hydrogen-bond donors (Lipinski definition) is 0. The van der Waals surface area contributed by atoms with Crippen LogP contribution in [0.15, 0.2) is 24.3 Å². The smallest absolute Gasteiger partial charge is 0.0231 e. The molecule has 0 aromatic heterocycles. The fourth-order valence-electron chi connectivity index (χ4n) is 1.77. The summed E-state index contributed by atoms with van der Waals surface area (Å²) in [6.07, 6.45) is 1.12. The van der Waals surface area contributed by atoms with Gasteiger partial charge in [0.15, 0.2) is 0 Å². The van der Waals surface area contributed by atoms with Crippen molar-refractivity contribution >= 4 is 0 Å². The highest BCUT2D eigenvalue weighted by Gasteiger charge is 2.02. The summed E-state index contributed by atoms with van der Waals surface area (Å²) in [5.74, 6) is 0. The van der Waals surface area contributed by atoms with E-state index in [2.05, 4.69) is 62.0 Å². The van der Waals surface area contributed by atoms with Crippen LogP contribution in [0.4, 0.5) is 0 Å². The average Bonchev–Trinajstić information content (AvgIpc) is 2.36. The summed E-state index contributed by atoms with van der Waals surface area (Å²) in [6.45, 7) is 8.83. The lowest BCUT2D eigenvalue weighted by atomic mass is 10.1. The molecule has 0 saturated heterocycles. The third kappa shape index (κ3) is 5.33. The molecule has 0 heterocycles. The molecule has 1 aromatic carbocycles. The number of aryl methyl sites for hydroxylation is 1. The summed E-state index contributed by atoms with van der Waals surface area (Å²) >= 11 is 0. The highest BCUT2D eigenvalue weighted by molar-refractivity contribution is 5.22. The van der Waals surface area contributed by atoms with Crippen molar-refractivity contribution in [1.29, 1.82) is 0 Å². The van der Waals surface area contributed by atoms with Gasteiger partial charge in [-0.05, 0) is 38.2 Å². The lowest BCUT2D eigenvalue weighted by molar-refractivity contribution is 0.258. The second-order valence-corrected chi connectivity index (χ2v) is 4.80. The molecule has 0 aliphatic rings. The molecule has 0 unspecified atom stereocenters. The van der Waals surface area contributed by atoms with Crippen molar-refractivity contribution in [3.8, 4) is 0 Å². The summed E-state index contributed by atoms with van der Waals surface area (Å²) in [5, 5.41) is 0. The zero-order valence-corrected chi connectivity index (χ0v) is 11.7. The van der Waals surface area contributed by atoms with Crippen LogP contribution in [0.2, 0.25) is 0 Å². The predicted molar refractivity (Wildman–Crippen MR) is 75.3 cm³/mol. The van der Waals surface area contributed by atoms with Crippen LogP contribution in [-0.2, 0) is 13.0 Å². The maximum atomic E-state index is 2.38. The normalized spacial score (nSPS) is 11.4. The number of hydrogen-bond acceptors (Lipinski definition) is 2. The molecule has 2 heteroatoms. The van der Waals surface area contributed by atoms with Gasteiger partial charge in [0, 0.05) is 19.6 Å². The first kappa shape index (κ1) is 14.2. The molecule has 0 atom stereocenters. The fraction of sp³-hybridized carbons (Fsp3) is 0.600. The summed E-state index contributed by atoms with van der Waals surface area (Å²) < 4.78 is 0. The predicted octanol–water partition coefficient (Wildman–Crippen LogP) is 2.63. The Morgan fingerprint density at radius 1 is 0.824 bits per heavy atom. The monoisotopic (exact) mass is 234 g/mol. The van der Waals surface area contributed by atoms with E-state index in [1.807, 2.05) is 0 Å². The van der Waals surface area contributed by atoms with Crippen LogP contribution >= 0.6 is 0 Å². The van der Waals surface area contributed by atoms with Gasteiger partial charge >= 0.3 is 0 Å². The molecular weight excluding hydrogens is 208 g/mol. The van der Waals surface area contributed by atoms with Crippen LogP contribution < -0.4 is 0 Å². The van der Waals surface area contributed by atoms with Gasteiger partial charge in [-0.25, -0.2) is 0 Å². The van der Waals surface area contributed by atoms with Crippen molar-refractivity contribution in [3.05, 3.63) is 35.4 Å². The summed E-state index contributed by atoms with van der Waals surface area (Å²) in [4.78, 5) is 4.73. The number of likely N-dealkylation sites (N-methyl/N-ethyl adjacent to an activating group) is 2. The van der Waals surface area contributed by atoms with Crippen molar-refractivity contribution in [3.63, 3.8) is 0 Å². The largest absolute Gasteiger partial charge is 0.305 e. The molecule has 0 aliphatic carbocycles. The fourth-order valence-corrected chi connectivity index (χ4v) is 1.77. The molecule has 0 N–H and O–H groups in total. The van der Waals surface area contributed by atoms with Gasteiger partial charge in [0.05, 0.1) is 0 Å². The van der Waals surface area contributed by atoms with E-state index in [9.17, 15) is 0 Å². The Morgan fingerprint density at radius 2 is 1.35 bits per heavy atom. The highest BCUT2D eigenvalue weighted by Crippen LogP contribution is 2.07. The third-order valence-corrected chi connectivity index (χ3v) is 3.29. The van der Waals surface area contributed by atoms with Gasteiger partial charge in [0.1, 0.15) is 0 Å². The second kappa shape index (κ2) is 7.46. The van der Waals surface area contributed by atoms with Crippen LogP contribution in [0.1, 0.15) is 25.0 Å². The zero-order valence-electron chi connectivity index (χ0n) is 11.7. The van der Waals surface area contributed by atoms with E-state index in [0.29, 0.717) is 0 Å². The Hall–Kier alpha value is -0.860. The van der Waals surface area contributed by atoms with Crippen LogP contribution in [0, 0.1) is 0 Å². The Kier molecular flexibility index (Phi) is 6.23. The first-order valence-corrected chi connectivity index (χ1v) is 6.60. The lowest BCUT2D eigenvalue weighted by Crippen LogP contribution is -2.30. The van der Waals surface area contributed by atoms with E-state index >= 15 is 0 Å². The zero-order chi connectivity index (χ0) is 12.7. The maximum absolute atomic E-state index is 2.38. The second-order valence-electron chi connectivity index (χ2n) is 4.80. The van der Waals surface area contributed by atoms with Crippen molar-refractivity contribution in [2.75, 3.05) is 33.7 Å². The standard InChI is InChI=1S/C15H26N2/c1-5-14-7-9-15(10-8-14)13-17(4)12-11-16(3)6-2/h7-10H,5-6,11-13H2,1-4H3. The minimum absolute atomic E-state index is 1.04. The molecule has 0 radical (unpaired) electrons. The Morgan fingerprint density at radius 3 is 1.88 bits per heavy atom. The van der Waals surface area contributed by atoms with Gasteiger partial charge in [0.2, 0.25) is 0 Å². The summed E-state index contributed by atoms with van der Waals surface area (Å²) in [7, 11) is 4.36. The number of benzene rings is 1. The van der Waals surface area contributed by atoms with Crippen molar-refractivity contribution < 1.29 is 0 Å². The molecule has 2 nitrogen and oxygen atoms in total. The van der Waals surface area contributed by atoms with E-state index in [0.717, 1.165) is 32.6 Å². The topological polar surface area (TPSA) is 6.48 Å². The first-order valence-electron chi connectivity index (χ1n) is 6.60. The van der Waals surface area contributed by atoms with Crippen molar-refractivity contribution in [2.45, 2.75) is 26.8 Å². The minimum Gasteiger partial charge on any atom is -0.305 e. The molecule has 0 amide bonds. The van der Waals surface area contributed by atoms with E-state index in [1.165, 1.54) is 11.1 Å². The molecule has 1 rings (SSSR count). The Bertz CT molecular complexity index is 305. The van der Waals surface area contributed by atoms with Crippen LogP contribution in [0.5, 0.6) is 0 Å². The maximum Gasteiger partial charge on any atom is 0.0231 e. The van der Waals surface area contributed by atoms with Gasteiger partial charge < -0.3 is 9.80 Å². The van der Waals surface area contributed by atoms with Gasteiger partial charge in [-0.2, -0.15) is 0 Å². The molecule has 0 fully saturated rings. The molecule has 0 saturated carbocycles. The average molecular weight is 234 g/mol. The van der Waals surface area contributed by atoms with E-state index in [4.69, 9.17) is 0 Å². The van der Waals surface area contributed by atoms with Crippen LogP contribution in [0.25, 0.3) is 0 Å². The van der Waals surface area contributed by atoms with Crippen molar-refractivity contribution in [2.24, 2.45) is 0 Å². The van der Waals surface area contributed by atoms with E-state index < -0.39 is 0 Å². The van der Waals surface area contributed by atoms with E-state index in [1.54, 1.807) is 0 Å². The van der Waals surface area contributed by atoms with Gasteiger partial charge in [-0.1, -0.05) is 38.1 Å². The van der Waals surface area contributed by atoms with Gasteiger partial charge in [-0.3, -0.25) is 0 Å². The molecule has 1 aromatic rings. The molecule has 96 valence electrons. The molecule has 0 aliphatic heterocycles. The minimum atomic E-state index is 1.04. The molecule has 0 spiro atoms. The SMILES string of the molecule is CCc1ccc(CN(C)CCN(C)CC)cc1. The highest BCUT2D eigenvalue weighted by atomic mass is 15.2.